The van der Waals surface area contributed by atoms with Crippen LogP contribution in [-0.2, 0) is 4.74 Å². The van der Waals surface area contributed by atoms with Crippen LogP contribution in [0.2, 0.25) is 0 Å². The standard InChI is InChI=1S/C21H15NO2/c23-22(14-10-12-24-13-11-14)20-9-8-18-16-5-2-1-4-15(16)17-6-3-7-19(20)21(17)18/h1-12,22H,13H2. The van der Waals surface area contributed by atoms with Crippen molar-refractivity contribution in [2.75, 3.05) is 6.61 Å². The second kappa shape index (κ2) is 5.06. The molecule has 1 atom stereocenters. The fourth-order valence-electron chi connectivity index (χ4n) is 3.71. The summed E-state index contributed by atoms with van der Waals surface area (Å²) in [6.07, 6.45) is 5.16. The first kappa shape index (κ1) is 13.5. The Balaban J connectivity index is 1.76. The Labute approximate surface area is 139 Å². The predicted molar refractivity (Wildman–Crippen MR) is 95.5 cm³/mol. The number of hydroxylamine groups is 1. The van der Waals surface area contributed by atoms with Gasteiger partial charge < -0.3 is 15.0 Å². The number of nitrogens with one attached hydrogen (secondary N) is 1. The van der Waals surface area contributed by atoms with Gasteiger partial charge in [0.05, 0.1) is 6.26 Å². The summed E-state index contributed by atoms with van der Waals surface area (Å²) in [5.74, 6) is 0. The van der Waals surface area contributed by atoms with Crippen LogP contribution < -0.4 is 5.06 Å². The van der Waals surface area contributed by atoms with Crippen molar-refractivity contribution in [2.24, 2.45) is 0 Å². The largest absolute Gasteiger partial charge is 0.623 e. The summed E-state index contributed by atoms with van der Waals surface area (Å²) < 4.78 is 5.15. The Morgan fingerprint density at radius 1 is 0.833 bits per heavy atom. The number of rotatable bonds is 2. The van der Waals surface area contributed by atoms with Gasteiger partial charge in [0.2, 0.25) is 0 Å². The van der Waals surface area contributed by atoms with Crippen LogP contribution in [0.3, 0.4) is 0 Å². The maximum absolute atomic E-state index is 13.0. The summed E-state index contributed by atoms with van der Waals surface area (Å²) in [4.78, 5) is 0. The van der Waals surface area contributed by atoms with Gasteiger partial charge in [-0.3, -0.25) is 0 Å². The first-order valence-electron chi connectivity index (χ1n) is 8.03. The molecule has 24 heavy (non-hydrogen) atoms. The van der Waals surface area contributed by atoms with Gasteiger partial charge in [-0.25, -0.2) is 0 Å². The average molecular weight is 313 g/mol. The van der Waals surface area contributed by atoms with Gasteiger partial charge in [-0.2, -0.15) is 0 Å². The Bertz CT molecular complexity index is 1000. The van der Waals surface area contributed by atoms with Gasteiger partial charge in [0.25, 0.3) is 0 Å². The van der Waals surface area contributed by atoms with E-state index in [1.165, 1.54) is 27.6 Å². The van der Waals surface area contributed by atoms with Crippen LogP contribution in [0.25, 0.3) is 33.0 Å². The normalized spacial score (nSPS) is 15.8. The van der Waals surface area contributed by atoms with Gasteiger partial charge in [0, 0.05) is 29.0 Å². The molecule has 0 aromatic heterocycles. The Kier molecular flexibility index (Phi) is 2.86. The van der Waals surface area contributed by atoms with Gasteiger partial charge in [0.1, 0.15) is 18.0 Å². The van der Waals surface area contributed by atoms with Crippen molar-refractivity contribution in [3.05, 3.63) is 83.9 Å². The minimum atomic E-state index is 0.0502. The molecule has 0 saturated carbocycles. The maximum Gasteiger partial charge on any atom is 0.144 e. The molecule has 5 rings (SSSR count). The lowest BCUT2D eigenvalue weighted by Crippen LogP contribution is -2.99. The summed E-state index contributed by atoms with van der Waals surface area (Å²) in [5, 5.41) is 15.2. The van der Waals surface area contributed by atoms with Crippen LogP contribution in [0.4, 0.5) is 5.69 Å². The number of ether oxygens (including phenoxy) is 1. The minimum absolute atomic E-state index is 0.0502. The SMILES string of the molecule is [O-][NH+](C1=CCOC=C1)c1ccc2c3c(cccc13)-c1ccccc1-2. The van der Waals surface area contributed by atoms with Gasteiger partial charge in [0.15, 0.2) is 0 Å². The number of fused-ring (bicyclic) bond motifs is 3. The van der Waals surface area contributed by atoms with E-state index in [0.29, 0.717) is 12.3 Å². The molecule has 1 N–H and O–H groups in total. The van der Waals surface area contributed by atoms with Gasteiger partial charge >= 0.3 is 0 Å². The number of allylic oxidation sites excluding steroid dienone is 1. The van der Waals surface area contributed by atoms with Crippen LogP contribution in [0, 0.1) is 5.21 Å². The molecule has 1 aliphatic carbocycles. The number of hydrogen-bond acceptors (Lipinski definition) is 2. The molecule has 0 saturated heterocycles. The van der Waals surface area contributed by atoms with Crippen LogP contribution in [0.1, 0.15) is 0 Å². The molecule has 3 heteroatoms. The average Bonchev–Trinajstić information content (AvgIpc) is 2.99. The monoisotopic (exact) mass is 313 g/mol. The quantitative estimate of drug-likeness (QED) is 0.569. The first-order chi connectivity index (χ1) is 11.8. The highest BCUT2D eigenvalue weighted by molar-refractivity contribution is 6.17. The highest BCUT2D eigenvalue weighted by atomic mass is 16.5. The molecule has 0 spiro atoms. The van der Waals surface area contributed by atoms with E-state index < -0.39 is 0 Å². The van der Waals surface area contributed by atoms with Crippen molar-refractivity contribution in [1.29, 1.82) is 0 Å². The van der Waals surface area contributed by atoms with E-state index in [0.717, 1.165) is 11.1 Å². The van der Waals surface area contributed by atoms with E-state index in [1.807, 2.05) is 24.3 Å². The molecule has 0 bridgehead atoms. The van der Waals surface area contributed by atoms with Crippen molar-refractivity contribution in [2.45, 2.75) is 0 Å². The van der Waals surface area contributed by atoms with E-state index in [9.17, 15) is 5.21 Å². The van der Waals surface area contributed by atoms with Crippen LogP contribution in [-0.4, -0.2) is 6.61 Å². The molecule has 3 aromatic rings. The summed E-state index contributed by atoms with van der Waals surface area (Å²) in [6.45, 7) is 0.449. The van der Waals surface area contributed by atoms with E-state index in [1.54, 1.807) is 12.3 Å². The Morgan fingerprint density at radius 3 is 2.33 bits per heavy atom. The molecule has 116 valence electrons. The number of benzene rings is 3. The van der Waals surface area contributed by atoms with Crippen molar-refractivity contribution in [3.8, 4) is 22.3 Å². The minimum Gasteiger partial charge on any atom is -0.623 e. The third-order valence-corrected chi connectivity index (χ3v) is 4.80. The molecular formula is C21H15NO2. The third kappa shape index (κ3) is 1.80. The van der Waals surface area contributed by atoms with Crippen LogP contribution in [0.15, 0.2) is 78.7 Å². The number of hydrogen-bond donors (Lipinski definition) is 1. The van der Waals surface area contributed by atoms with Crippen molar-refractivity contribution >= 4 is 16.5 Å². The second-order valence-electron chi connectivity index (χ2n) is 6.06. The summed E-state index contributed by atoms with van der Waals surface area (Å²) in [6, 6.07) is 18.7. The van der Waals surface area contributed by atoms with Gasteiger partial charge in [-0.05, 0) is 34.4 Å². The van der Waals surface area contributed by atoms with E-state index in [2.05, 4.69) is 36.4 Å². The molecule has 3 nitrogen and oxygen atoms in total. The smallest absolute Gasteiger partial charge is 0.144 e. The van der Waals surface area contributed by atoms with E-state index >= 15 is 0 Å². The molecular weight excluding hydrogens is 298 g/mol. The van der Waals surface area contributed by atoms with Crippen LogP contribution in [0.5, 0.6) is 0 Å². The molecule has 3 aromatic carbocycles. The molecule has 1 unspecified atom stereocenters. The second-order valence-corrected chi connectivity index (χ2v) is 6.06. The fourth-order valence-corrected chi connectivity index (χ4v) is 3.71. The topological polar surface area (TPSA) is 36.7 Å². The zero-order valence-corrected chi connectivity index (χ0v) is 13.0. The lowest BCUT2D eigenvalue weighted by atomic mass is 10.0. The molecule has 1 heterocycles. The fraction of sp³-hybridized carbons (Fsp3) is 0.0476. The highest BCUT2D eigenvalue weighted by Crippen LogP contribution is 2.48. The van der Waals surface area contributed by atoms with E-state index in [-0.39, 0.29) is 5.06 Å². The lowest BCUT2D eigenvalue weighted by molar-refractivity contribution is -0.726. The molecule has 0 amide bonds. The maximum atomic E-state index is 13.0. The Morgan fingerprint density at radius 2 is 1.58 bits per heavy atom. The summed E-state index contributed by atoms with van der Waals surface area (Å²) in [5.41, 5.74) is 6.35. The third-order valence-electron chi connectivity index (χ3n) is 4.80. The van der Waals surface area contributed by atoms with Crippen molar-refractivity contribution in [3.63, 3.8) is 0 Å². The molecule has 0 radical (unpaired) electrons. The Hall–Kier alpha value is -2.88. The zero-order chi connectivity index (χ0) is 16.1. The summed E-state index contributed by atoms with van der Waals surface area (Å²) >= 11 is 0. The van der Waals surface area contributed by atoms with Crippen LogP contribution >= 0.6 is 0 Å². The zero-order valence-electron chi connectivity index (χ0n) is 13.0. The van der Waals surface area contributed by atoms with Crippen molar-refractivity contribution in [1.82, 2.24) is 0 Å². The molecule has 1 aliphatic heterocycles. The lowest BCUT2D eigenvalue weighted by Gasteiger charge is -2.25. The highest BCUT2D eigenvalue weighted by Gasteiger charge is 2.24. The van der Waals surface area contributed by atoms with Gasteiger partial charge in [-0.1, -0.05) is 36.4 Å². The molecule has 2 aliphatic rings. The first-order valence-corrected chi connectivity index (χ1v) is 8.03. The predicted octanol–water partition coefficient (Wildman–Crippen LogP) is 3.93. The van der Waals surface area contributed by atoms with E-state index in [4.69, 9.17) is 4.74 Å². The number of quaternary nitrogens is 1. The summed E-state index contributed by atoms with van der Waals surface area (Å²) in [7, 11) is 0. The molecule has 0 fully saturated rings. The van der Waals surface area contributed by atoms with Gasteiger partial charge in [-0.15, -0.1) is 0 Å². The van der Waals surface area contributed by atoms with Crippen molar-refractivity contribution < 1.29 is 9.80 Å².